The summed E-state index contributed by atoms with van der Waals surface area (Å²) in [5.74, 6) is 0. The van der Waals surface area contributed by atoms with E-state index in [-0.39, 0.29) is 17.8 Å². The number of hydrogen-bond donors (Lipinski definition) is 0. The molecule has 2 aromatic carbocycles. The fraction of sp³-hybridized carbons (Fsp3) is 0.368. The normalized spacial score (nSPS) is 12.0. The molecule has 0 aliphatic heterocycles. The summed E-state index contributed by atoms with van der Waals surface area (Å²) in [6.45, 7) is 8.66. The van der Waals surface area contributed by atoms with E-state index >= 15 is 0 Å². The summed E-state index contributed by atoms with van der Waals surface area (Å²) in [6.07, 6.45) is 4.55. The highest BCUT2D eigenvalue weighted by Crippen LogP contribution is 2.20. The Hall–Kier alpha value is -1.31. The summed E-state index contributed by atoms with van der Waals surface area (Å²) in [6, 6.07) is 15.2. The van der Waals surface area contributed by atoms with Gasteiger partial charge in [-0.05, 0) is 28.8 Å². The molecule has 0 saturated heterocycles. The van der Waals surface area contributed by atoms with Crippen LogP contribution < -0.4 is 0 Å². The SMILES string of the molecule is CN(C/C=C/C(C)(C)C)Cc1cccc2ccccc12.Cl. The quantitative estimate of drug-likeness (QED) is 0.693. The highest BCUT2D eigenvalue weighted by molar-refractivity contribution is 5.85. The summed E-state index contributed by atoms with van der Waals surface area (Å²) >= 11 is 0. The molecule has 2 aromatic rings. The molecule has 0 aliphatic rings. The van der Waals surface area contributed by atoms with Crippen LogP contribution in [-0.2, 0) is 6.54 Å². The van der Waals surface area contributed by atoms with Gasteiger partial charge in [0.1, 0.15) is 0 Å². The van der Waals surface area contributed by atoms with Gasteiger partial charge in [0.25, 0.3) is 0 Å². The van der Waals surface area contributed by atoms with Gasteiger partial charge in [0.15, 0.2) is 0 Å². The van der Waals surface area contributed by atoms with Crippen LogP contribution in [0, 0.1) is 5.41 Å². The predicted molar refractivity (Wildman–Crippen MR) is 96.1 cm³/mol. The fourth-order valence-corrected chi connectivity index (χ4v) is 2.37. The van der Waals surface area contributed by atoms with Crippen molar-refractivity contribution in [3.8, 4) is 0 Å². The first-order valence-corrected chi connectivity index (χ1v) is 7.28. The number of rotatable bonds is 4. The van der Waals surface area contributed by atoms with E-state index in [0.29, 0.717) is 0 Å². The number of hydrogen-bond acceptors (Lipinski definition) is 1. The molecule has 0 aliphatic carbocycles. The Morgan fingerprint density at radius 2 is 1.67 bits per heavy atom. The molecule has 0 heterocycles. The van der Waals surface area contributed by atoms with Crippen molar-refractivity contribution in [1.29, 1.82) is 0 Å². The summed E-state index contributed by atoms with van der Waals surface area (Å²) in [5, 5.41) is 2.69. The van der Waals surface area contributed by atoms with Gasteiger partial charge in [0.05, 0.1) is 0 Å². The number of fused-ring (bicyclic) bond motifs is 1. The lowest BCUT2D eigenvalue weighted by Gasteiger charge is -2.17. The Bertz CT molecular complexity index is 591. The molecule has 1 nitrogen and oxygen atoms in total. The molecular weight excluding hydrogens is 278 g/mol. The van der Waals surface area contributed by atoms with E-state index < -0.39 is 0 Å². The van der Waals surface area contributed by atoms with Crippen molar-refractivity contribution in [2.75, 3.05) is 13.6 Å². The lowest BCUT2D eigenvalue weighted by Crippen LogP contribution is -2.18. The highest BCUT2D eigenvalue weighted by atomic mass is 35.5. The third kappa shape index (κ3) is 5.53. The molecule has 2 rings (SSSR count). The van der Waals surface area contributed by atoms with Gasteiger partial charge < -0.3 is 0 Å². The molecular formula is C19H26ClN. The highest BCUT2D eigenvalue weighted by Gasteiger charge is 2.05. The second-order valence-electron chi connectivity index (χ2n) is 6.60. The van der Waals surface area contributed by atoms with Crippen molar-refractivity contribution in [2.45, 2.75) is 27.3 Å². The average Bonchev–Trinajstić information content (AvgIpc) is 2.37. The van der Waals surface area contributed by atoms with Gasteiger partial charge in [-0.1, -0.05) is 75.4 Å². The van der Waals surface area contributed by atoms with Crippen LogP contribution in [0.1, 0.15) is 26.3 Å². The molecule has 0 N–H and O–H groups in total. The van der Waals surface area contributed by atoms with Crippen LogP contribution >= 0.6 is 12.4 Å². The minimum Gasteiger partial charge on any atom is -0.298 e. The number of allylic oxidation sites excluding steroid dienone is 1. The van der Waals surface area contributed by atoms with E-state index in [9.17, 15) is 0 Å². The smallest absolute Gasteiger partial charge is 0.0240 e. The molecule has 0 aromatic heterocycles. The molecule has 21 heavy (non-hydrogen) atoms. The van der Waals surface area contributed by atoms with E-state index in [4.69, 9.17) is 0 Å². The summed E-state index contributed by atoms with van der Waals surface area (Å²) in [4.78, 5) is 2.35. The molecule has 0 saturated carbocycles. The Morgan fingerprint density at radius 1 is 1.00 bits per heavy atom. The molecule has 0 atom stereocenters. The zero-order chi connectivity index (χ0) is 14.6. The maximum Gasteiger partial charge on any atom is 0.0240 e. The Morgan fingerprint density at radius 3 is 2.38 bits per heavy atom. The van der Waals surface area contributed by atoms with Crippen molar-refractivity contribution in [3.63, 3.8) is 0 Å². The van der Waals surface area contributed by atoms with Crippen LogP contribution in [0.2, 0.25) is 0 Å². The lowest BCUT2D eigenvalue weighted by atomic mass is 9.96. The fourth-order valence-electron chi connectivity index (χ4n) is 2.37. The van der Waals surface area contributed by atoms with E-state index in [1.54, 1.807) is 0 Å². The van der Waals surface area contributed by atoms with E-state index in [1.165, 1.54) is 16.3 Å². The van der Waals surface area contributed by atoms with Crippen molar-refractivity contribution in [1.82, 2.24) is 4.90 Å². The lowest BCUT2D eigenvalue weighted by molar-refractivity contribution is 0.363. The zero-order valence-electron chi connectivity index (χ0n) is 13.5. The van der Waals surface area contributed by atoms with Gasteiger partial charge in [-0.2, -0.15) is 0 Å². The second-order valence-corrected chi connectivity index (χ2v) is 6.60. The third-order valence-corrected chi connectivity index (χ3v) is 3.36. The first-order valence-electron chi connectivity index (χ1n) is 7.28. The maximum atomic E-state index is 2.35. The average molecular weight is 304 g/mol. The summed E-state index contributed by atoms with van der Waals surface area (Å²) in [5.41, 5.74) is 1.66. The third-order valence-electron chi connectivity index (χ3n) is 3.36. The standard InChI is InChI=1S/C19H25N.ClH/c1-19(2,3)13-8-14-20(4)15-17-11-7-10-16-9-5-6-12-18(16)17;/h5-13H,14-15H2,1-4H3;1H/b13-8+;. The first-order chi connectivity index (χ1) is 9.46. The monoisotopic (exact) mass is 303 g/mol. The van der Waals surface area contributed by atoms with Crippen LogP contribution in [0.25, 0.3) is 10.8 Å². The molecule has 0 amide bonds. The predicted octanol–water partition coefficient (Wildman–Crippen LogP) is 5.30. The largest absolute Gasteiger partial charge is 0.298 e. The summed E-state index contributed by atoms with van der Waals surface area (Å²) in [7, 11) is 2.18. The summed E-state index contributed by atoms with van der Waals surface area (Å²) < 4.78 is 0. The van der Waals surface area contributed by atoms with E-state index in [1.807, 2.05) is 0 Å². The number of nitrogens with zero attached hydrogens (tertiary/aromatic N) is 1. The molecule has 0 spiro atoms. The van der Waals surface area contributed by atoms with Gasteiger partial charge >= 0.3 is 0 Å². The van der Waals surface area contributed by atoms with Gasteiger partial charge in [-0.15, -0.1) is 12.4 Å². The topological polar surface area (TPSA) is 3.24 Å². The number of benzene rings is 2. The number of likely N-dealkylation sites (N-methyl/N-ethyl adjacent to an activating group) is 1. The van der Waals surface area contributed by atoms with Gasteiger partial charge in [0, 0.05) is 13.1 Å². The van der Waals surface area contributed by atoms with Crippen molar-refractivity contribution >= 4 is 23.2 Å². The minimum atomic E-state index is 0. The van der Waals surface area contributed by atoms with Gasteiger partial charge in [0.2, 0.25) is 0 Å². The molecule has 114 valence electrons. The molecule has 0 radical (unpaired) electrons. The second kappa shape index (κ2) is 7.63. The Kier molecular flexibility index (Phi) is 6.44. The van der Waals surface area contributed by atoms with E-state index in [0.717, 1.165) is 13.1 Å². The maximum absolute atomic E-state index is 2.35. The van der Waals surface area contributed by atoms with Crippen LogP contribution in [0.15, 0.2) is 54.6 Å². The van der Waals surface area contributed by atoms with Crippen LogP contribution in [0.4, 0.5) is 0 Å². The van der Waals surface area contributed by atoms with Crippen LogP contribution in [0.5, 0.6) is 0 Å². The molecule has 0 fully saturated rings. The minimum absolute atomic E-state index is 0. The van der Waals surface area contributed by atoms with Crippen LogP contribution in [0.3, 0.4) is 0 Å². The van der Waals surface area contributed by atoms with Crippen molar-refractivity contribution in [3.05, 3.63) is 60.2 Å². The molecule has 0 unspecified atom stereocenters. The molecule has 2 heteroatoms. The van der Waals surface area contributed by atoms with Crippen molar-refractivity contribution in [2.24, 2.45) is 5.41 Å². The molecule has 0 bridgehead atoms. The van der Waals surface area contributed by atoms with Gasteiger partial charge in [-0.25, -0.2) is 0 Å². The van der Waals surface area contributed by atoms with Crippen molar-refractivity contribution < 1.29 is 0 Å². The Labute approximate surface area is 135 Å². The first kappa shape index (κ1) is 17.7. The van der Waals surface area contributed by atoms with Gasteiger partial charge in [-0.3, -0.25) is 4.90 Å². The number of halogens is 1. The Balaban J connectivity index is 0.00000220. The van der Waals surface area contributed by atoms with E-state index in [2.05, 4.69) is 87.3 Å². The zero-order valence-corrected chi connectivity index (χ0v) is 14.3. The van der Waals surface area contributed by atoms with Crippen LogP contribution in [-0.4, -0.2) is 18.5 Å².